The van der Waals surface area contributed by atoms with Gasteiger partial charge in [0.1, 0.15) is 0 Å². The van der Waals surface area contributed by atoms with Gasteiger partial charge in [-0.1, -0.05) is 48.2 Å². The van der Waals surface area contributed by atoms with Crippen LogP contribution in [0.1, 0.15) is 34.6 Å². The number of anilines is 1. The summed E-state index contributed by atoms with van der Waals surface area (Å²) >= 11 is 1.30. The summed E-state index contributed by atoms with van der Waals surface area (Å²) in [5, 5.41) is 12.1. The first kappa shape index (κ1) is 28.1. The maximum atomic E-state index is 13.1. The van der Waals surface area contributed by atoms with Gasteiger partial charge in [-0.2, -0.15) is 4.31 Å². The predicted molar refractivity (Wildman–Crippen MR) is 160 cm³/mol. The van der Waals surface area contributed by atoms with Crippen LogP contribution in [0.15, 0.2) is 88.9 Å². The summed E-state index contributed by atoms with van der Waals surface area (Å²) in [7, 11) is -3.55. The summed E-state index contributed by atoms with van der Waals surface area (Å²) in [4.78, 5) is 28.1. The summed E-state index contributed by atoms with van der Waals surface area (Å²) < 4.78 is 28.9. The van der Waals surface area contributed by atoms with E-state index in [1.165, 1.54) is 45.9 Å². The Hall–Kier alpha value is -4.00. The molecule has 0 radical (unpaired) electrons. The molecule has 3 heterocycles. The molecule has 2 aliphatic heterocycles. The fourth-order valence-electron chi connectivity index (χ4n) is 5.26. The maximum absolute atomic E-state index is 13.1. The Bertz CT molecular complexity index is 1700. The zero-order valence-electron chi connectivity index (χ0n) is 22.8. The van der Waals surface area contributed by atoms with Gasteiger partial charge >= 0.3 is 0 Å². The zero-order valence-corrected chi connectivity index (χ0v) is 24.5. The highest BCUT2D eigenvalue weighted by Crippen LogP contribution is 2.29. The minimum absolute atomic E-state index is 0.00222. The summed E-state index contributed by atoms with van der Waals surface area (Å²) in [5.41, 5.74) is 3.28. The lowest BCUT2D eigenvalue weighted by atomic mass is 10.2. The van der Waals surface area contributed by atoms with Crippen LogP contribution in [0.25, 0.3) is 5.69 Å². The van der Waals surface area contributed by atoms with Gasteiger partial charge in [-0.15, -0.1) is 10.2 Å². The van der Waals surface area contributed by atoms with Crippen molar-refractivity contribution in [1.82, 2.24) is 24.4 Å². The van der Waals surface area contributed by atoms with Gasteiger partial charge in [0.05, 0.1) is 17.2 Å². The second kappa shape index (κ2) is 12.1. The number of nitrogens with zero attached hydrogens (tertiary/aromatic N) is 5. The van der Waals surface area contributed by atoms with Gasteiger partial charge in [-0.05, 0) is 67.3 Å². The molecule has 2 amide bonds. The fourth-order valence-corrected chi connectivity index (χ4v) is 7.63. The molecule has 3 aromatic carbocycles. The highest BCUT2D eigenvalue weighted by molar-refractivity contribution is 7.99. The highest BCUT2D eigenvalue weighted by atomic mass is 32.2. The Morgan fingerprint density at radius 2 is 1.57 bits per heavy atom. The Morgan fingerprint density at radius 3 is 2.33 bits per heavy atom. The first-order chi connectivity index (χ1) is 20.4. The van der Waals surface area contributed by atoms with E-state index in [-0.39, 0.29) is 29.0 Å². The summed E-state index contributed by atoms with van der Waals surface area (Å²) in [6.45, 7) is 1.79. The van der Waals surface area contributed by atoms with E-state index in [9.17, 15) is 18.0 Å². The molecular formula is C30H30N6O4S2. The molecular weight excluding hydrogens is 573 g/mol. The van der Waals surface area contributed by atoms with E-state index < -0.39 is 10.0 Å². The van der Waals surface area contributed by atoms with Crippen molar-refractivity contribution in [3.8, 4) is 5.69 Å². The van der Waals surface area contributed by atoms with E-state index >= 15 is 0 Å². The normalized spacial score (nSPS) is 15.1. The lowest BCUT2D eigenvalue weighted by Crippen LogP contribution is -2.30. The Balaban J connectivity index is 1.14. The zero-order chi connectivity index (χ0) is 29.1. The minimum atomic E-state index is -3.55. The molecule has 1 saturated heterocycles. The molecule has 10 nitrogen and oxygen atoms in total. The molecule has 42 heavy (non-hydrogen) atoms. The first-order valence-corrected chi connectivity index (χ1v) is 16.2. The van der Waals surface area contributed by atoms with E-state index in [0.29, 0.717) is 36.2 Å². The Morgan fingerprint density at radius 1 is 0.857 bits per heavy atom. The number of benzene rings is 3. The topological polar surface area (TPSA) is 117 Å². The molecule has 1 fully saturated rings. The standard InChI is InChI=1S/C30H30N6O4S2/c37-28(35-19-16-22-8-4-5-11-26(22)35)21-41-30-33-32-27(36(30)24-9-2-1-3-10-24)20-31-29(38)23-12-14-25(15-13-23)42(39,40)34-17-6-7-18-34/h1-5,8-15H,6-7,16-21H2,(H,31,38). The second-order valence-corrected chi connectivity index (χ2v) is 13.0. The molecule has 1 aromatic heterocycles. The highest BCUT2D eigenvalue weighted by Gasteiger charge is 2.28. The average Bonchev–Trinajstić information content (AvgIpc) is 3.80. The van der Waals surface area contributed by atoms with Gasteiger partial charge in [0.15, 0.2) is 11.0 Å². The molecule has 0 unspecified atom stereocenters. The number of aromatic nitrogens is 3. The third kappa shape index (κ3) is 5.69. The molecule has 0 spiro atoms. The molecule has 4 aromatic rings. The number of fused-ring (bicyclic) bond motifs is 1. The first-order valence-electron chi connectivity index (χ1n) is 13.8. The van der Waals surface area contributed by atoms with Gasteiger partial charge < -0.3 is 10.2 Å². The molecule has 0 atom stereocenters. The third-order valence-electron chi connectivity index (χ3n) is 7.45. The number of nitrogens with one attached hydrogen (secondary N) is 1. The largest absolute Gasteiger partial charge is 0.345 e. The van der Waals surface area contributed by atoms with Crippen molar-refractivity contribution in [2.24, 2.45) is 0 Å². The van der Waals surface area contributed by atoms with Crippen molar-refractivity contribution in [2.75, 3.05) is 30.3 Å². The van der Waals surface area contributed by atoms with Gasteiger partial charge in [0, 0.05) is 36.6 Å². The molecule has 6 rings (SSSR count). The maximum Gasteiger partial charge on any atom is 0.251 e. The number of rotatable bonds is 9. The minimum Gasteiger partial charge on any atom is -0.345 e. The number of carbonyl (C=O) groups excluding carboxylic acids is 2. The summed E-state index contributed by atoms with van der Waals surface area (Å²) in [5.74, 6) is 0.333. The smallest absolute Gasteiger partial charge is 0.251 e. The van der Waals surface area contributed by atoms with Crippen molar-refractivity contribution in [1.29, 1.82) is 0 Å². The van der Waals surface area contributed by atoms with Crippen molar-refractivity contribution < 1.29 is 18.0 Å². The Kier molecular flexibility index (Phi) is 8.09. The molecule has 0 bridgehead atoms. The predicted octanol–water partition coefficient (Wildman–Crippen LogP) is 3.66. The van der Waals surface area contributed by atoms with E-state index in [0.717, 1.165) is 30.6 Å². The van der Waals surface area contributed by atoms with Gasteiger partial charge in [-0.25, -0.2) is 8.42 Å². The Labute approximate surface area is 248 Å². The van der Waals surface area contributed by atoms with Crippen molar-refractivity contribution in [2.45, 2.75) is 35.9 Å². The third-order valence-corrected chi connectivity index (χ3v) is 10.3. The summed E-state index contributed by atoms with van der Waals surface area (Å²) in [6, 6.07) is 23.5. The lowest BCUT2D eigenvalue weighted by molar-refractivity contribution is -0.116. The number of thioether (sulfide) groups is 1. The molecule has 2 aliphatic rings. The SMILES string of the molecule is O=C(NCc1nnc(SCC(=O)N2CCc3ccccc32)n1-c1ccccc1)c1ccc(S(=O)(=O)N2CCCC2)cc1. The van der Waals surface area contributed by atoms with E-state index in [4.69, 9.17) is 0 Å². The van der Waals surface area contributed by atoms with Crippen LogP contribution in [0.3, 0.4) is 0 Å². The lowest BCUT2D eigenvalue weighted by Gasteiger charge is -2.17. The second-order valence-electron chi connectivity index (χ2n) is 10.1. The number of sulfonamides is 1. The molecule has 0 saturated carbocycles. The van der Waals surface area contributed by atoms with Gasteiger partial charge in [0.25, 0.3) is 5.91 Å². The average molecular weight is 603 g/mol. The van der Waals surface area contributed by atoms with Crippen LogP contribution in [0.4, 0.5) is 5.69 Å². The van der Waals surface area contributed by atoms with Gasteiger partial charge in [0.2, 0.25) is 15.9 Å². The van der Waals surface area contributed by atoms with Crippen LogP contribution in [0, 0.1) is 0 Å². The number of para-hydroxylation sites is 2. The van der Waals surface area contributed by atoms with Crippen molar-refractivity contribution in [3.05, 3.63) is 95.8 Å². The number of hydrogen-bond acceptors (Lipinski definition) is 7. The molecule has 216 valence electrons. The van der Waals surface area contributed by atoms with E-state index in [1.807, 2.05) is 64.1 Å². The fraction of sp³-hybridized carbons (Fsp3) is 0.267. The monoisotopic (exact) mass is 602 g/mol. The van der Waals surface area contributed by atoms with Gasteiger partial charge in [-0.3, -0.25) is 14.2 Å². The van der Waals surface area contributed by atoms with Crippen LogP contribution in [-0.2, 0) is 27.8 Å². The number of carbonyl (C=O) groups is 2. The van der Waals surface area contributed by atoms with Crippen LogP contribution >= 0.6 is 11.8 Å². The van der Waals surface area contributed by atoms with Crippen LogP contribution in [0.2, 0.25) is 0 Å². The van der Waals surface area contributed by atoms with Crippen LogP contribution in [0.5, 0.6) is 0 Å². The molecule has 12 heteroatoms. The molecule has 1 N–H and O–H groups in total. The summed E-state index contributed by atoms with van der Waals surface area (Å²) in [6.07, 6.45) is 2.56. The van der Waals surface area contributed by atoms with Crippen molar-refractivity contribution >= 4 is 39.3 Å². The number of hydrogen-bond donors (Lipinski definition) is 1. The quantitative estimate of drug-likeness (QED) is 0.291. The van der Waals surface area contributed by atoms with Crippen molar-refractivity contribution in [3.63, 3.8) is 0 Å². The molecule has 0 aliphatic carbocycles. The van der Waals surface area contributed by atoms with E-state index in [2.05, 4.69) is 15.5 Å². The number of amides is 2. The van der Waals surface area contributed by atoms with Crippen LogP contribution in [-0.4, -0.2) is 64.7 Å². The van der Waals surface area contributed by atoms with E-state index in [1.54, 1.807) is 0 Å². The van der Waals surface area contributed by atoms with Crippen LogP contribution < -0.4 is 10.2 Å².